The monoisotopic (exact) mass is 257 g/mol. The first-order valence-corrected chi connectivity index (χ1v) is 7.06. The second kappa shape index (κ2) is 5.80. The molecule has 2 nitrogen and oxygen atoms in total. The van der Waals surface area contributed by atoms with Crippen LogP contribution in [0.3, 0.4) is 0 Å². The Morgan fingerprint density at radius 2 is 2.31 bits per heavy atom. The molecule has 0 unspecified atom stereocenters. The summed E-state index contributed by atoms with van der Waals surface area (Å²) in [5, 5.41) is 0.818. The fraction of sp³-hybridized carbons (Fsp3) is 0.500. The van der Waals surface area contributed by atoms with Gasteiger partial charge in [-0.1, -0.05) is 11.6 Å². The second-order valence-corrected chi connectivity index (χ2v) is 5.39. The highest BCUT2D eigenvalue weighted by atomic mass is 35.5. The lowest BCUT2D eigenvalue weighted by Gasteiger charge is -2.08. The minimum Gasteiger partial charge on any atom is -0.493 e. The number of fused-ring (bicyclic) bond motifs is 1. The first-order valence-electron chi connectivity index (χ1n) is 5.53. The van der Waals surface area contributed by atoms with Gasteiger partial charge in [-0.15, -0.1) is 0 Å². The zero-order chi connectivity index (χ0) is 11.4. The molecule has 0 saturated carbocycles. The number of halogens is 1. The summed E-state index contributed by atoms with van der Waals surface area (Å²) in [6.45, 7) is 1.55. The van der Waals surface area contributed by atoms with Crippen molar-refractivity contribution in [3.63, 3.8) is 0 Å². The molecule has 1 aromatic rings. The van der Waals surface area contributed by atoms with Crippen LogP contribution in [0.1, 0.15) is 17.5 Å². The smallest absolute Gasteiger partial charge is 0.126 e. The van der Waals surface area contributed by atoms with Crippen LogP contribution in [0.2, 0.25) is 5.02 Å². The number of hydrogen-bond donors (Lipinski definition) is 1. The van der Waals surface area contributed by atoms with Crippen LogP contribution in [-0.2, 0) is 12.2 Å². The number of thioether (sulfide) groups is 1. The molecule has 0 radical (unpaired) electrons. The molecule has 1 aliphatic heterocycles. The molecule has 0 amide bonds. The molecule has 1 aromatic carbocycles. The third-order valence-electron chi connectivity index (χ3n) is 2.58. The summed E-state index contributed by atoms with van der Waals surface area (Å²) in [6, 6.07) is 4.03. The van der Waals surface area contributed by atoms with Crippen LogP contribution in [0, 0.1) is 0 Å². The van der Waals surface area contributed by atoms with Crippen LogP contribution < -0.4 is 10.5 Å². The Balaban J connectivity index is 2.03. The van der Waals surface area contributed by atoms with E-state index in [1.54, 1.807) is 0 Å². The molecule has 88 valence electrons. The van der Waals surface area contributed by atoms with E-state index in [1.165, 1.54) is 11.1 Å². The van der Waals surface area contributed by atoms with Gasteiger partial charge in [-0.3, -0.25) is 0 Å². The summed E-state index contributed by atoms with van der Waals surface area (Å²) in [6.07, 6.45) is 2.05. The van der Waals surface area contributed by atoms with Gasteiger partial charge < -0.3 is 10.5 Å². The van der Waals surface area contributed by atoms with Gasteiger partial charge in [0, 0.05) is 22.8 Å². The predicted octanol–water partition coefficient (Wildman–Crippen LogP) is 2.86. The summed E-state index contributed by atoms with van der Waals surface area (Å²) < 4.78 is 5.64. The Kier molecular flexibility index (Phi) is 4.38. The van der Waals surface area contributed by atoms with Crippen molar-refractivity contribution in [3.8, 4) is 5.75 Å². The quantitative estimate of drug-likeness (QED) is 0.824. The van der Waals surface area contributed by atoms with E-state index < -0.39 is 0 Å². The van der Waals surface area contributed by atoms with Crippen molar-refractivity contribution in [2.45, 2.75) is 18.6 Å². The standard InChI is InChI=1S/C12H16ClNOS/c13-11-6-9-2-4-15-12(9)10(7-11)8-16-5-1-3-14/h6-7H,1-5,8,14H2. The van der Waals surface area contributed by atoms with Crippen LogP contribution in [0.15, 0.2) is 12.1 Å². The maximum absolute atomic E-state index is 6.08. The van der Waals surface area contributed by atoms with E-state index in [2.05, 4.69) is 0 Å². The summed E-state index contributed by atoms with van der Waals surface area (Å²) in [5.74, 6) is 3.12. The van der Waals surface area contributed by atoms with Crippen molar-refractivity contribution in [1.82, 2.24) is 0 Å². The van der Waals surface area contributed by atoms with E-state index in [4.69, 9.17) is 22.1 Å². The number of rotatable bonds is 5. The van der Waals surface area contributed by atoms with Crippen LogP contribution in [0.5, 0.6) is 5.75 Å². The van der Waals surface area contributed by atoms with Crippen LogP contribution in [0.25, 0.3) is 0 Å². The van der Waals surface area contributed by atoms with Crippen molar-refractivity contribution in [2.24, 2.45) is 5.73 Å². The van der Waals surface area contributed by atoms with Gasteiger partial charge in [-0.05, 0) is 36.4 Å². The molecule has 0 bridgehead atoms. The fourth-order valence-corrected chi connectivity index (χ4v) is 3.03. The number of hydrogen-bond acceptors (Lipinski definition) is 3. The maximum Gasteiger partial charge on any atom is 0.126 e. The van der Waals surface area contributed by atoms with Gasteiger partial charge in [0.2, 0.25) is 0 Å². The molecule has 0 fully saturated rings. The first-order chi connectivity index (χ1) is 7.81. The SMILES string of the molecule is NCCCSCc1cc(Cl)cc2c1OCC2. The molecule has 4 heteroatoms. The minimum atomic E-state index is 0.761. The average molecular weight is 258 g/mol. The lowest BCUT2D eigenvalue weighted by molar-refractivity contribution is 0.354. The van der Waals surface area contributed by atoms with Gasteiger partial charge in [0.25, 0.3) is 0 Å². The molecule has 1 heterocycles. The zero-order valence-corrected chi connectivity index (χ0v) is 10.7. The van der Waals surface area contributed by atoms with Crippen LogP contribution in [-0.4, -0.2) is 18.9 Å². The summed E-state index contributed by atoms with van der Waals surface area (Å²) in [5.41, 5.74) is 7.94. The number of ether oxygens (including phenoxy) is 1. The Morgan fingerprint density at radius 3 is 3.12 bits per heavy atom. The van der Waals surface area contributed by atoms with Crippen LogP contribution in [0.4, 0.5) is 0 Å². The third-order valence-corrected chi connectivity index (χ3v) is 3.89. The van der Waals surface area contributed by atoms with Gasteiger partial charge in [0.15, 0.2) is 0 Å². The highest BCUT2D eigenvalue weighted by Gasteiger charge is 2.17. The zero-order valence-electron chi connectivity index (χ0n) is 9.17. The van der Waals surface area contributed by atoms with E-state index in [-0.39, 0.29) is 0 Å². The summed E-state index contributed by atoms with van der Waals surface area (Å²) >= 11 is 7.97. The van der Waals surface area contributed by atoms with Crippen LogP contribution >= 0.6 is 23.4 Å². The molecule has 0 aliphatic carbocycles. The first kappa shape index (κ1) is 12.1. The summed E-state index contributed by atoms with van der Waals surface area (Å²) in [4.78, 5) is 0. The van der Waals surface area contributed by atoms with Gasteiger partial charge in [-0.25, -0.2) is 0 Å². The normalized spacial score (nSPS) is 13.6. The van der Waals surface area contributed by atoms with E-state index >= 15 is 0 Å². The highest BCUT2D eigenvalue weighted by Crippen LogP contribution is 2.34. The minimum absolute atomic E-state index is 0.761. The van der Waals surface area contributed by atoms with Gasteiger partial charge in [0.1, 0.15) is 5.75 Å². The van der Waals surface area contributed by atoms with Gasteiger partial charge >= 0.3 is 0 Å². The molecule has 1 aliphatic rings. The van der Waals surface area contributed by atoms with E-state index in [9.17, 15) is 0 Å². The lowest BCUT2D eigenvalue weighted by Crippen LogP contribution is -1.99. The molecule has 0 aromatic heterocycles. The largest absolute Gasteiger partial charge is 0.493 e. The fourth-order valence-electron chi connectivity index (χ4n) is 1.82. The van der Waals surface area contributed by atoms with Crippen molar-refractivity contribution in [2.75, 3.05) is 18.9 Å². The van der Waals surface area contributed by atoms with E-state index in [0.29, 0.717) is 0 Å². The van der Waals surface area contributed by atoms with Gasteiger partial charge in [-0.2, -0.15) is 11.8 Å². The summed E-state index contributed by atoms with van der Waals surface area (Å²) in [7, 11) is 0. The Bertz CT molecular complexity index is 370. The molecule has 0 atom stereocenters. The van der Waals surface area contributed by atoms with Crippen molar-refractivity contribution >= 4 is 23.4 Å². The topological polar surface area (TPSA) is 35.2 Å². The van der Waals surface area contributed by atoms with E-state index in [1.807, 2.05) is 23.9 Å². The van der Waals surface area contributed by atoms with Gasteiger partial charge in [0.05, 0.1) is 6.61 Å². The Morgan fingerprint density at radius 1 is 1.44 bits per heavy atom. The Labute approximate surface area is 105 Å². The highest BCUT2D eigenvalue weighted by molar-refractivity contribution is 7.98. The van der Waals surface area contributed by atoms with E-state index in [0.717, 1.165) is 48.3 Å². The molecule has 16 heavy (non-hydrogen) atoms. The molecule has 0 saturated heterocycles. The van der Waals surface area contributed by atoms with Crippen molar-refractivity contribution in [1.29, 1.82) is 0 Å². The van der Waals surface area contributed by atoms with Crippen molar-refractivity contribution < 1.29 is 4.74 Å². The lowest BCUT2D eigenvalue weighted by atomic mass is 10.1. The second-order valence-electron chi connectivity index (χ2n) is 3.85. The number of nitrogens with two attached hydrogens (primary N) is 1. The molecular formula is C12H16ClNOS. The third kappa shape index (κ3) is 2.84. The molecule has 0 spiro atoms. The molecular weight excluding hydrogens is 242 g/mol. The predicted molar refractivity (Wildman–Crippen MR) is 70.5 cm³/mol. The molecule has 2 rings (SSSR count). The molecule has 2 N–H and O–H groups in total. The Hall–Kier alpha value is -0.380. The average Bonchev–Trinajstić information content (AvgIpc) is 2.72. The van der Waals surface area contributed by atoms with Crippen molar-refractivity contribution in [3.05, 3.63) is 28.3 Å². The number of benzene rings is 1. The maximum atomic E-state index is 6.08.